The maximum Gasteiger partial charge on any atom is 0.264 e. The summed E-state index contributed by atoms with van der Waals surface area (Å²) in [7, 11) is -4.09. The predicted molar refractivity (Wildman–Crippen MR) is 103 cm³/mol. The van der Waals surface area contributed by atoms with E-state index in [1.807, 2.05) is 0 Å². The second kappa shape index (κ2) is 8.26. The number of pyridine rings is 1. The van der Waals surface area contributed by atoms with E-state index in [-0.39, 0.29) is 38.4 Å². The standard InChI is InChI=1S/C16H11Cl3N4O3S/c17-11-2-1-3-12(14(11)19)27(24,25)23-15-16(22-13(18)8-21-15)26-9-10-4-6-20-7-5-10/h1-8H,9H2,(H,21,23). The zero-order valence-corrected chi connectivity index (χ0v) is 16.5. The molecule has 0 aliphatic heterocycles. The van der Waals surface area contributed by atoms with Crippen LogP contribution in [0.3, 0.4) is 0 Å². The molecule has 0 saturated carbocycles. The third-order valence-corrected chi connectivity index (χ3v) is 5.77. The molecule has 0 radical (unpaired) electrons. The van der Waals surface area contributed by atoms with Crippen LogP contribution in [-0.2, 0) is 16.6 Å². The van der Waals surface area contributed by atoms with Gasteiger partial charge in [-0.2, -0.15) is 4.98 Å². The van der Waals surface area contributed by atoms with Crippen molar-refractivity contribution in [3.05, 3.63) is 69.7 Å². The maximum atomic E-state index is 12.7. The number of anilines is 1. The number of hydrogen-bond acceptors (Lipinski definition) is 6. The number of nitrogens with one attached hydrogen (secondary N) is 1. The molecule has 0 aliphatic carbocycles. The monoisotopic (exact) mass is 444 g/mol. The third kappa shape index (κ3) is 4.78. The van der Waals surface area contributed by atoms with Gasteiger partial charge in [0.1, 0.15) is 11.5 Å². The summed E-state index contributed by atoms with van der Waals surface area (Å²) in [5, 5.41) is 0.0483. The number of rotatable bonds is 6. The van der Waals surface area contributed by atoms with Crippen molar-refractivity contribution in [3.8, 4) is 5.88 Å². The van der Waals surface area contributed by atoms with Gasteiger partial charge >= 0.3 is 0 Å². The van der Waals surface area contributed by atoms with Crippen LogP contribution >= 0.6 is 34.8 Å². The van der Waals surface area contributed by atoms with E-state index < -0.39 is 10.0 Å². The van der Waals surface area contributed by atoms with E-state index in [4.69, 9.17) is 39.5 Å². The Morgan fingerprint density at radius 1 is 1.07 bits per heavy atom. The molecule has 1 aromatic carbocycles. The molecule has 0 bridgehead atoms. The van der Waals surface area contributed by atoms with Gasteiger partial charge in [-0.3, -0.25) is 9.71 Å². The van der Waals surface area contributed by atoms with Gasteiger partial charge in [0.15, 0.2) is 5.15 Å². The first kappa shape index (κ1) is 19.6. The van der Waals surface area contributed by atoms with Crippen molar-refractivity contribution < 1.29 is 13.2 Å². The van der Waals surface area contributed by atoms with E-state index in [9.17, 15) is 8.42 Å². The van der Waals surface area contributed by atoms with E-state index in [0.717, 1.165) is 5.56 Å². The van der Waals surface area contributed by atoms with Crippen LogP contribution in [0.2, 0.25) is 15.2 Å². The number of hydrogen-bond donors (Lipinski definition) is 1. The average molecular weight is 446 g/mol. The number of halogens is 3. The summed E-state index contributed by atoms with van der Waals surface area (Å²) < 4.78 is 33.2. The van der Waals surface area contributed by atoms with Crippen molar-refractivity contribution in [2.24, 2.45) is 0 Å². The SMILES string of the molecule is O=S(=O)(Nc1ncc(Cl)nc1OCc1ccncc1)c1cccc(Cl)c1Cl. The summed E-state index contributed by atoms with van der Waals surface area (Å²) in [5.74, 6) is -0.217. The van der Waals surface area contributed by atoms with Crippen molar-refractivity contribution in [3.63, 3.8) is 0 Å². The van der Waals surface area contributed by atoms with E-state index >= 15 is 0 Å². The molecule has 140 valence electrons. The minimum atomic E-state index is -4.09. The predicted octanol–water partition coefficient (Wildman–Crippen LogP) is 4.21. The highest BCUT2D eigenvalue weighted by molar-refractivity contribution is 7.92. The van der Waals surface area contributed by atoms with Gasteiger partial charge in [0, 0.05) is 12.4 Å². The van der Waals surface area contributed by atoms with Crippen LogP contribution in [0.4, 0.5) is 5.82 Å². The fraction of sp³-hybridized carbons (Fsp3) is 0.0625. The second-order valence-corrected chi connectivity index (χ2v) is 7.97. The van der Waals surface area contributed by atoms with Crippen LogP contribution in [0.15, 0.2) is 53.8 Å². The highest BCUT2D eigenvalue weighted by Gasteiger charge is 2.22. The fourth-order valence-corrected chi connectivity index (χ4v) is 3.92. The Hall–Kier alpha value is -2.13. The first-order chi connectivity index (χ1) is 12.9. The van der Waals surface area contributed by atoms with Crippen LogP contribution < -0.4 is 9.46 Å². The Labute approximate surface area is 170 Å². The Balaban J connectivity index is 1.89. The fourth-order valence-electron chi connectivity index (χ4n) is 2.03. The third-order valence-electron chi connectivity index (χ3n) is 3.27. The molecule has 2 heterocycles. The zero-order valence-electron chi connectivity index (χ0n) is 13.4. The van der Waals surface area contributed by atoms with Crippen LogP contribution in [0.5, 0.6) is 5.88 Å². The number of benzene rings is 1. The van der Waals surface area contributed by atoms with Crippen LogP contribution in [-0.4, -0.2) is 23.4 Å². The number of ether oxygens (including phenoxy) is 1. The minimum absolute atomic E-state index is 0.0449. The Bertz CT molecular complexity index is 1070. The van der Waals surface area contributed by atoms with Crippen molar-refractivity contribution in [2.45, 2.75) is 11.5 Å². The largest absolute Gasteiger partial charge is 0.470 e. The van der Waals surface area contributed by atoms with Crippen molar-refractivity contribution in [2.75, 3.05) is 4.72 Å². The highest BCUT2D eigenvalue weighted by atomic mass is 35.5. The van der Waals surface area contributed by atoms with Gasteiger partial charge in [0.05, 0.1) is 16.2 Å². The van der Waals surface area contributed by atoms with Crippen molar-refractivity contribution in [1.82, 2.24) is 15.0 Å². The first-order valence-corrected chi connectivity index (χ1v) is 9.99. The topological polar surface area (TPSA) is 94.1 Å². The smallest absolute Gasteiger partial charge is 0.264 e. The Morgan fingerprint density at radius 2 is 1.81 bits per heavy atom. The van der Waals surface area contributed by atoms with Crippen LogP contribution in [0, 0.1) is 0 Å². The Kier molecular flexibility index (Phi) is 6.01. The summed E-state index contributed by atoms with van der Waals surface area (Å²) in [5.41, 5.74) is 0.804. The molecule has 0 saturated heterocycles. The normalized spacial score (nSPS) is 11.2. The summed E-state index contributed by atoms with van der Waals surface area (Å²) in [6.07, 6.45) is 4.40. The molecule has 0 fully saturated rings. The van der Waals surface area contributed by atoms with Gasteiger partial charge in [-0.25, -0.2) is 13.4 Å². The number of sulfonamides is 1. The molecule has 27 heavy (non-hydrogen) atoms. The van der Waals surface area contributed by atoms with Gasteiger partial charge in [0.2, 0.25) is 5.82 Å². The number of aromatic nitrogens is 3. The van der Waals surface area contributed by atoms with E-state index in [0.29, 0.717) is 0 Å². The molecule has 0 unspecified atom stereocenters. The molecular formula is C16H11Cl3N4O3S. The molecular weight excluding hydrogens is 435 g/mol. The zero-order chi connectivity index (χ0) is 19.4. The van der Waals surface area contributed by atoms with Gasteiger partial charge in [0.25, 0.3) is 15.9 Å². The second-order valence-electron chi connectivity index (χ2n) is 5.15. The highest BCUT2D eigenvalue weighted by Crippen LogP contribution is 2.31. The molecule has 0 aliphatic rings. The molecule has 0 amide bonds. The van der Waals surface area contributed by atoms with Crippen molar-refractivity contribution in [1.29, 1.82) is 0 Å². The lowest BCUT2D eigenvalue weighted by molar-refractivity contribution is 0.294. The summed E-state index contributed by atoms with van der Waals surface area (Å²) in [4.78, 5) is 11.6. The lowest BCUT2D eigenvalue weighted by Crippen LogP contribution is -2.16. The maximum absolute atomic E-state index is 12.7. The summed E-state index contributed by atoms with van der Waals surface area (Å²) in [6, 6.07) is 7.75. The summed E-state index contributed by atoms with van der Waals surface area (Å²) >= 11 is 17.8. The lowest BCUT2D eigenvalue weighted by atomic mass is 10.3. The van der Waals surface area contributed by atoms with Gasteiger partial charge in [-0.15, -0.1) is 0 Å². The van der Waals surface area contributed by atoms with Gasteiger partial charge in [-0.05, 0) is 29.8 Å². The van der Waals surface area contributed by atoms with Crippen LogP contribution in [0.25, 0.3) is 0 Å². The molecule has 11 heteroatoms. The van der Waals surface area contributed by atoms with Crippen molar-refractivity contribution >= 4 is 50.6 Å². The quantitative estimate of drug-likeness (QED) is 0.611. The molecule has 7 nitrogen and oxygen atoms in total. The van der Waals surface area contributed by atoms with E-state index in [2.05, 4.69) is 19.7 Å². The van der Waals surface area contributed by atoms with Crippen LogP contribution in [0.1, 0.15) is 5.56 Å². The molecule has 0 atom stereocenters. The summed E-state index contributed by atoms with van der Waals surface area (Å²) in [6.45, 7) is 0.115. The van der Waals surface area contributed by atoms with Gasteiger partial charge in [-0.1, -0.05) is 40.9 Å². The Morgan fingerprint density at radius 3 is 2.56 bits per heavy atom. The number of nitrogens with zero attached hydrogens (tertiary/aromatic N) is 3. The van der Waals surface area contributed by atoms with E-state index in [1.165, 1.54) is 24.4 Å². The van der Waals surface area contributed by atoms with Gasteiger partial charge < -0.3 is 4.74 Å². The molecule has 0 spiro atoms. The van der Waals surface area contributed by atoms with E-state index in [1.54, 1.807) is 24.5 Å². The molecule has 3 aromatic rings. The average Bonchev–Trinajstić information content (AvgIpc) is 2.64. The molecule has 1 N–H and O–H groups in total. The first-order valence-electron chi connectivity index (χ1n) is 7.38. The lowest BCUT2D eigenvalue weighted by Gasteiger charge is -2.13. The minimum Gasteiger partial charge on any atom is -0.470 e. The molecule has 2 aromatic heterocycles. The molecule has 3 rings (SSSR count).